The predicted octanol–water partition coefficient (Wildman–Crippen LogP) is 2.73. The van der Waals surface area contributed by atoms with Crippen LogP contribution in [-0.2, 0) is 0 Å². The van der Waals surface area contributed by atoms with E-state index < -0.39 is 0 Å². The maximum Gasteiger partial charge on any atom is 0.160 e. The van der Waals surface area contributed by atoms with Gasteiger partial charge in [0.1, 0.15) is 0 Å². The van der Waals surface area contributed by atoms with Gasteiger partial charge in [0.25, 0.3) is 0 Å². The zero-order chi connectivity index (χ0) is 11.1. The molecule has 0 atom stereocenters. The largest absolute Gasteiger partial charge is 0.504 e. The van der Waals surface area contributed by atoms with Crippen LogP contribution in [0.15, 0.2) is 41.8 Å². The van der Waals surface area contributed by atoms with Crippen molar-refractivity contribution >= 4 is 16.3 Å². The normalized spacial score (nSPS) is 8.87. The average molecular weight is 223 g/mol. The van der Waals surface area contributed by atoms with Crippen LogP contribution in [0.5, 0.6) is 11.5 Å². The zero-order valence-electron chi connectivity index (χ0n) is 8.38. The number of methoxy groups -OCH3 is 1. The number of hydrogen-bond acceptors (Lipinski definition) is 4. The van der Waals surface area contributed by atoms with Gasteiger partial charge in [-0.05, 0) is 29.6 Å². The van der Waals surface area contributed by atoms with Crippen molar-refractivity contribution in [2.45, 2.75) is 0 Å². The SMILES string of the molecule is COc1ccccc1O.Nc1cccs1. The molecule has 1 aromatic carbocycles. The van der Waals surface area contributed by atoms with Gasteiger partial charge in [-0.1, -0.05) is 12.1 Å². The van der Waals surface area contributed by atoms with Gasteiger partial charge >= 0.3 is 0 Å². The lowest BCUT2D eigenvalue weighted by Gasteiger charge is -1.99. The second-order valence-corrected chi connectivity index (χ2v) is 3.67. The van der Waals surface area contributed by atoms with Crippen LogP contribution in [0.3, 0.4) is 0 Å². The first-order valence-corrected chi connectivity index (χ1v) is 5.23. The lowest BCUT2D eigenvalue weighted by molar-refractivity contribution is 0.373. The van der Waals surface area contributed by atoms with Crippen molar-refractivity contribution in [3.8, 4) is 11.5 Å². The summed E-state index contributed by atoms with van der Waals surface area (Å²) in [6.07, 6.45) is 0. The van der Waals surface area contributed by atoms with Crippen molar-refractivity contribution in [2.75, 3.05) is 12.8 Å². The first kappa shape index (κ1) is 11.4. The molecule has 4 heteroatoms. The van der Waals surface area contributed by atoms with E-state index >= 15 is 0 Å². The Morgan fingerprint density at radius 2 is 1.93 bits per heavy atom. The number of ether oxygens (including phenoxy) is 1. The minimum Gasteiger partial charge on any atom is -0.504 e. The van der Waals surface area contributed by atoms with Crippen LogP contribution in [0.2, 0.25) is 0 Å². The van der Waals surface area contributed by atoms with Gasteiger partial charge in [0, 0.05) is 0 Å². The summed E-state index contributed by atoms with van der Waals surface area (Å²) >= 11 is 1.56. The highest BCUT2D eigenvalue weighted by Crippen LogP contribution is 2.22. The molecule has 0 amide bonds. The molecule has 1 heterocycles. The fourth-order valence-corrected chi connectivity index (χ4v) is 1.39. The highest BCUT2D eigenvalue weighted by molar-refractivity contribution is 7.13. The van der Waals surface area contributed by atoms with Crippen molar-refractivity contribution in [3.63, 3.8) is 0 Å². The number of thiophene rings is 1. The Hall–Kier alpha value is -1.68. The molecule has 0 aliphatic heterocycles. The molecule has 80 valence electrons. The van der Waals surface area contributed by atoms with Crippen molar-refractivity contribution in [3.05, 3.63) is 41.8 Å². The number of rotatable bonds is 1. The van der Waals surface area contributed by atoms with Gasteiger partial charge in [0.15, 0.2) is 11.5 Å². The fraction of sp³-hybridized carbons (Fsp3) is 0.0909. The Balaban J connectivity index is 0.000000162. The van der Waals surface area contributed by atoms with Crippen molar-refractivity contribution in [1.82, 2.24) is 0 Å². The van der Waals surface area contributed by atoms with Crippen LogP contribution in [-0.4, -0.2) is 12.2 Å². The molecule has 0 unspecified atom stereocenters. The Labute approximate surface area is 92.7 Å². The maximum atomic E-state index is 8.99. The van der Waals surface area contributed by atoms with E-state index in [1.165, 1.54) is 7.11 Å². The molecular formula is C11H13NO2S. The van der Waals surface area contributed by atoms with Crippen LogP contribution >= 0.6 is 11.3 Å². The number of hydrogen-bond donors (Lipinski definition) is 2. The summed E-state index contributed by atoms with van der Waals surface area (Å²) in [6, 6.07) is 10.6. The molecule has 1 aromatic heterocycles. The monoisotopic (exact) mass is 223 g/mol. The molecule has 0 aliphatic carbocycles. The minimum atomic E-state index is 0.181. The summed E-state index contributed by atoms with van der Waals surface area (Å²) in [4.78, 5) is 0. The summed E-state index contributed by atoms with van der Waals surface area (Å²) in [5, 5.41) is 11.8. The van der Waals surface area contributed by atoms with E-state index in [9.17, 15) is 0 Å². The zero-order valence-corrected chi connectivity index (χ0v) is 9.20. The molecule has 2 aromatic rings. The molecule has 0 aliphatic rings. The summed E-state index contributed by atoms with van der Waals surface area (Å²) in [6.45, 7) is 0. The highest BCUT2D eigenvalue weighted by Gasteiger charge is 1.94. The highest BCUT2D eigenvalue weighted by atomic mass is 32.1. The third-order valence-corrected chi connectivity index (χ3v) is 2.33. The van der Waals surface area contributed by atoms with Crippen LogP contribution in [0.25, 0.3) is 0 Å². The predicted molar refractivity (Wildman–Crippen MR) is 63.4 cm³/mol. The van der Waals surface area contributed by atoms with Crippen molar-refractivity contribution in [2.24, 2.45) is 0 Å². The Bertz CT molecular complexity index is 387. The quantitative estimate of drug-likeness (QED) is 0.781. The number of nitrogens with two attached hydrogens (primary N) is 1. The van der Waals surface area contributed by atoms with E-state index in [0.717, 1.165) is 5.00 Å². The molecule has 0 fully saturated rings. The van der Waals surface area contributed by atoms with Crippen LogP contribution in [0.4, 0.5) is 5.00 Å². The van der Waals surface area contributed by atoms with E-state index in [2.05, 4.69) is 0 Å². The molecular weight excluding hydrogens is 210 g/mol. The van der Waals surface area contributed by atoms with Gasteiger partial charge in [-0.25, -0.2) is 0 Å². The third kappa shape index (κ3) is 3.91. The van der Waals surface area contributed by atoms with Crippen molar-refractivity contribution < 1.29 is 9.84 Å². The number of phenols is 1. The smallest absolute Gasteiger partial charge is 0.160 e. The topological polar surface area (TPSA) is 55.5 Å². The molecule has 0 bridgehead atoms. The van der Waals surface area contributed by atoms with Gasteiger partial charge in [-0.15, -0.1) is 11.3 Å². The fourth-order valence-electron chi connectivity index (χ4n) is 0.921. The molecule has 0 saturated carbocycles. The van der Waals surface area contributed by atoms with Gasteiger partial charge in [-0.3, -0.25) is 0 Å². The van der Waals surface area contributed by atoms with E-state index in [-0.39, 0.29) is 5.75 Å². The Morgan fingerprint density at radius 1 is 1.20 bits per heavy atom. The number of nitrogen functional groups attached to an aromatic ring is 1. The summed E-state index contributed by atoms with van der Waals surface area (Å²) in [7, 11) is 1.52. The summed E-state index contributed by atoms with van der Waals surface area (Å²) in [5.41, 5.74) is 5.30. The number of anilines is 1. The number of aromatic hydroxyl groups is 1. The van der Waals surface area contributed by atoms with Crippen molar-refractivity contribution in [1.29, 1.82) is 0 Å². The molecule has 2 rings (SSSR count). The Morgan fingerprint density at radius 3 is 2.27 bits per heavy atom. The van der Waals surface area contributed by atoms with E-state index in [0.29, 0.717) is 5.75 Å². The van der Waals surface area contributed by atoms with Gasteiger partial charge in [0.05, 0.1) is 12.1 Å². The lowest BCUT2D eigenvalue weighted by Crippen LogP contribution is -1.80. The minimum absolute atomic E-state index is 0.181. The van der Waals surface area contributed by atoms with Gasteiger partial charge in [0.2, 0.25) is 0 Å². The average Bonchev–Trinajstić information content (AvgIpc) is 2.71. The first-order chi connectivity index (χ1) is 7.24. The molecule has 15 heavy (non-hydrogen) atoms. The van der Waals surface area contributed by atoms with Crippen LogP contribution < -0.4 is 10.5 Å². The van der Waals surface area contributed by atoms with Crippen LogP contribution in [0, 0.1) is 0 Å². The second-order valence-electron chi connectivity index (χ2n) is 2.69. The number of benzene rings is 1. The maximum absolute atomic E-state index is 8.99. The van der Waals surface area contributed by atoms with E-state index in [1.54, 1.807) is 35.6 Å². The standard InChI is InChI=1S/C7H8O2.C4H5NS/c1-9-7-5-3-2-4-6(7)8;5-4-2-1-3-6-4/h2-5,8H,1H3;1-3H,5H2. The number of para-hydroxylation sites is 2. The summed E-state index contributed by atoms with van der Waals surface area (Å²) in [5.74, 6) is 0.692. The van der Waals surface area contributed by atoms with E-state index in [1.807, 2.05) is 17.5 Å². The van der Waals surface area contributed by atoms with Gasteiger partial charge in [-0.2, -0.15) is 0 Å². The second kappa shape index (κ2) is 5.93. The molecule has 0 radical (unpaired) electrons. The molecule has 0 saturated heterocycles. The summed E-state index contributed by atoms with van der Waals surface area (Å²) < 4.78 is 4.79. The molecule has 3 N–H and O–H groups in total. The Kier molecular flexibility index (Phi) is 4.50. The molecule has 3 nitrogen and oxygen atoms in total. The van der Waals surface area contributed by atoms with Gasteiger partial charge < -0.3 is 15.6 Å². The van der Waals surface area contributed by atoms with E-state index in [4.69, 9.17) is 15.6 Å². The molecule has 0 spiro atoms. The number of phenolic OH excluding ortho intramolecular Hbond substituents is 1. The first-order valence-electron chi connectivity index (χ1n) is 4.35. The van der Waals surface area contributed by atoms with Crippen LogP contribution in [0.1, 0.15) is 0 Å². The third-order valence-electron chi connectivity index (χ3n) is 1.63. The lowest BCUT2D eigenvalue weighted by atomic mass is 10.3.